The van der Waals surface area contributed by atoms with E-state index < -0.39 is 16.0 Å². The van der Waals surface area contributed by atoms with Gasteiger partial charge in [0.05, 0.1) is 21.7 Å². The van der Waals surface area contributed by atoms with Gasteiger partial charge in [-0.15, -0.1) is 0 Å². The molecule has 3 aromatic rings. The van der Waals surface area contributed by atoms with Crippen LogP contribution in [0.15, 0.2) is 39.6 Å². The van der Waals surface area contributed by atoms with Crippen molar-refractivity contribution in [3.8, 4) is 0 Å². The third-order valence-electron chi connectivity index (χ3n) is 4.23. The Labute approximate surface area is 189 Å². The van der Waals surface area contributed by atoms with Crippen LogP contribution >= 0.6 is 34.8 Å². The van der Waals surface area contributed by atoms with Gasteiger partial charge in [0, 0.05) is 17.5 Å². The van der Waals surface area contributed by atoms with E-state index in [-0.39, 0.29) is 32.3 Å². The van der Waals surface area contributed by atoms with Gasteiger partial charge >= 0.3 is 5.97 Å². The number of carbonyl (C=O) groups is 1. The molecule has 1 aromatic heterocycles. The molecule has 0 aliphatic carbocycles. The van der Waals surface area contributed by atoms with Gasteiger partial charge in [-0.1, -0.05) is 41.7 Å². The summed E-state index contributed by atoms with van der Waals surface area (Å²) in [6.45, 7) is 3.88. The molecule has 0 unspecified atom stereocenters. The van der Waals surface area contributed by atoms with Crippen molar-refractivity contribution in [2.75, 3.05) is 11.3 Å². The molecule has 0 saturated heterocycles. The lowest BCUT2D eigenvalue weighted by Crippen LogP contribution is -2.13. The van der Waals surface area contributed by atoms with Crippen molar-refractivity contribution in [2.45, 2.75) is 31.6 Å². The molecule has 0 spiro atoms. The molecule has 0 aliphatic heterocycles. The Morgan fingerprint density at radius 3 is 2.43 bits per heavy atom. The van der Waals surface area contributed by atoms with Crippen molar-refractivity contribution in [2.24, 2.45) is 0 Å². The number of esters is 1. The third kappa shape index (κ3) is 4.54. The first kappa shape index (κ1) is 22.7. The van der Waals surface area contributed by atoms with Crippen molar-refractivity contribution in [1.82, 2.24) is 0 Å². The molecule has 0 radical (unpaired) electrons. The standard InChI is InChI=1S/C20H18Cl3NO5S/c1-3-5-17-19(20(25)28-4-2)12-8-11(6-7-16(12)29-17)24-30(26,27)18-10-14(22)13(21)9-15(18)23/h6-10,24H,3-5H2,1-2H3. The van der Waals surface area contributed by atoms with Gasteiger partial charge in [-0.25, -0.2) is 13.2 Å². The highest BCUT2D eigenvalue weighted by atomic mass is 35.5. The Bertz CT molecular complexity index is 1220. The third-order valence-corrected chi connectivity index (χ3v) is 6.80. The highest BCUT2D eigenvalue weighted by Gasteiger charge is 2.24. The zero-order chi connectivity index (χ0) is 22.1. The topological polar surface area (TPSA) is 85.6 Å². The average Bonchev–Trinajstić information content (AvgIpc) is 3.02. The molecule has 0 fully saturated rings. The largest absolute Gasteiger partial charge is 0.462 e. The van der Waals surface area contributed by atoms with Crippen LogP contribution in [-0.4, -0.2) is 21.0 Å². The van der Waals surface area contributed by atoms with Gasteiger partial charge in [-0.3, -0.25) is 4.72 Å². The first-order chi connectivity index (χ1) is 14.2. The summed E-state index contributed by atoms with van der Waals surface area (Å²) in [6.07, 6.45) is 1.31. The van der Waals surface area contributed by atoms with Gasteiger partial charge in [0.2, 0.25) is 0 Å². The van der Waals surface area contributed by atoms with Gasteiger partial charge in [-0.2, -0.15) is 0 Å². The number of hydrogen-bond acceptors (Lipinski definition) is 5. The highest BCUT2D eigenvalue weighted by Crippen LogP contribution is 2.34. The van der Waals surface area contributed by atoms with Gasteiger partial charge in [-0.05, 0) is 43.7 Å². The molecule has 3 rings (SSSR count). The summed E-state index contributed by atoms with van der Waals surface area (Å²) in [4.78, 5) is 12.3. The second-order valence-electron chi connectivity index (χ2n) is 6.38. The van der Waals surface area contributed by atoms with E-state index in [0.717, 1.165) is 6.42 Å². The van der Waals surface area contributed by atoms with E-state index in [1.807, 2.05) is 6.92 Å². The quantitative estimate of drug-likeness (QED) is 0.309. The molecule has 0 aliphatic rings. The number of nitrogens with one attached hydrogen (secondary N) is 1. The lowest BCUT2D eigenvalue weighted by atomic mass is 10.1. The maximum absolute atomic E-state index is 12.8. The zero-order valence-electron chi connectivity index (χ0n) is 16.1. The Balaban J connectivity index is 2.06. The number of benzene rings is 2. The van der Waals surface area contributed by atoms with Crippen molar-refractivity contribution in [3.63, 3.8) is 0 Å². The van der Waals surface area contributed by atoms with Gasteiger partial charge in [0.25, 0.3) is 10.0 Å². The summed E-state index contributed by atoms with van der Waals surface area (Å²) in [7, 11) is -4.07. The lowest BCUT2D eigenvalue weighted by Gasteiger charge is -2.11. The number of ether oxygens (including phenoxy) is 1. The van der Waals surface area contributed by atoms with Gasteiger partial charge < -0.3 is 9.15 Å². The van der Waals surface area contributed by atoms with Crippen LogP contribution in [0.25, 0.3) is 11.0 Å². The first-order valence-electron chi connectivity index (χ1n) is 9.07. The SMILES string of the molecule is CCCc1oc2ccc(NS(=O)(=O)c3cc(Cl)c(Cl)cc3Cl)cc2c1C(=O)OCC. The minimum absolute atomic E-state index is 0.0560. The van der Waals surface area contributed by atoms with E-state index in [4.69, 9.17) is 44.0 Å². The van der Waals surface area contributed by atoms with Crippen LogP contribution < -0.4 is 4.72 Å². The monoisotopic (exact) mass is 489 g/mol. The number of rotatable bonds is 7. The molecule has 2 aromatic carbocycles. The van der Waals surface area contributed by atoms with E-state index in [0.29, 0.717) is 28.7 Å². The minimum Gasteiger partial charge on any atom is -0.462 e. The predicted molar refractivity (Wildman–Crippen MR) is 118 cm³/mol. The zero-order valence-corrected chi connectivity index (χ0v) is 19.2. The number of aryl methyl sites for hydroxylation is 1. The second-order valence-corrected chi connectivity index (χ2v) is 9.26. The summed E-state index contributed by atoms with van der Waals surface area (Å²) in [5, 5.41) is 0.583. The Kier molecular flexibility index (Phi) is 6.87. The molecule has 1 heterocycles. The number of anilines is 1. The Hall–Kier alpha value is -1.93. The smallest absolute Gasteiger partial charge is 0.342 e. The fourth-order valence-electron chi connectivity index (χ4n) is 2.96. The summed E-state index contributed by atoms with van der Waals surface area (Å²) >= 11 is 17.9. The van der Waals surface area contributed by atoms with Crippen molar-refractivity contribution < 1.29 is 22.4 Å². The number of halogens is 3. The van der Waals surface area contributed by atoms with Crippen molar-refractivity contribution >= 4 is 67.5 Å². The highest BCUT2D eigenvalue weighted by molar-refractivity contribution is 7.92. The van der Waals surface area contributed by atoms with Gasteiger partial charge in [0.1, 0.15) is 21.8 Å². The van der Waals surface area contributed by atoms with Crippen LogP contribution in [0.2, 0.25) is 15.1 Å². The molecule has 0 saturated carbocycles. The minimum atomic E-state index is -4.07. The number of sulfonamides is 1. The van der Waals surface area contributed by atoms with E-state index >= 15 is 0 Å². The summed E-state index contributed by atoms with van der Waals surface area (Å²) in [6, 6.07) is 7.07. The van der Waals surface area contributed by atoms with Crippen LogP contribution in [0, 0.1) is 0 Å². The molecule has 1 N–H and O–H groups in total. The Morgan fingerprint density at radius 2 is 1.77 bits per heavy atom. The molecule has 0 bridgehead atoms. The molecule has 30 heavy (non-hydrogen) atoms. The van der Waals surface area contributed by atoms with E-state index in [1.165, 1.54) is 24.3 Å². The lowest BCUT2D eigenvalue weighted by molar-refractivity contribution is 0.0526. The van der Waals surface area contributed by atoms with Crippen LogP contribution in [-0.2, 0) is 21.2 Å². The number of hydrogen-bond donors (Lipinski definition) is 1. The fourth-order valence-corrected chi connectivity index (χ4v) is 5.01. The van der Waals surface area contributed by atoms with Crippen LogP contribution in [0.3, 0.4) is 0 Å². The van der Waals surface area contributed by atoms with Gasteiger partial charge in [0.15, 0.2) is 0 Å². The summed E-state index contributed by atoms with van der Waals surface area (Å²) in [5.74, 6) is -0.0225. The molecule has 0 amide bonds. The summed E-state index contributed by atoms with van der Waals surface area (Å²) < 4.78 is 39.1. The summed E-state index contributed by atoms with van der Waals surface area (Å²) in [5.41, 5.74) is 0.971. The second kappa shape index (κ2) is 9.06. The number of fused-ring (bicyclic) bond motifs is 1. The normalized spacial score (nSPS) is 11.6. The fraction of sp³-hybridized carbons (Fsp3) is 0.250. The van der Waals surface area contributed by atoms with Crippen LogP contribution in [0.4, 0.5) is 5.69 Å². The van der Waals surface area contributed by atoms with E-state index in [9.17, 15) is 13.2 Å². The predicted octanol–water partition coefficient (Wildman–Crippen LogP) is 6.32. The molecular weight excluding hydrogens is 473 g/mol. The molecular formula is C20H18Cl3NO5S. The van der Waals surface area contributed by atoms with Crippen molar-refractivity contribution in [3.05, 3.63) is 56.7 Å². The maximum Gasteiger partial charge on any atom is 0.342 e. The maximum atomic E-state index is 12.8. The molecule has 10 heteroatoms. The number of furan rings is 1. The van der Waals surface area contributed by atoms with Crippen LogP contribution in [0.5, 0.6) is 0 Å². The van der Waals surface area contributed by atoms with E-state index in [1.54, 1.807) is 13.0 Å². The van der Waals surface area contributed by atoms with Crippen LogP contribution in [0.1, 0.15) is 36.4 Å². The Morgan fingerprint density at radius 1 is 1.07 bits per heavy atom. The molecule has 0 atom stereocenters. The van der Waals surface area contributed by atoms with E-state index in [2.05, 4.69) is 4.72 Å². The average molecular weight is 491 g/mol. The van der Waals surface area contributed by atoms with Crippen molar-refractivity contribution in [1.29, 1.82) is 0 Å². The number of carbonyl (C=O) groups excluding carboxylic acids is 1. The molecule has 6 nitrogen and oxygen atoms in total. The molecule has 160 valence electrons. The first-order valence-corrected chi connectivity index (χ1v) is 11.7.